The third-order valence-corrected chi connectivity index (χ3v) is 3.24. The molecule has 19 heavy (non-hydrogen) atoms. The molecule has 0 aromatic heterocycles. The monoisotopic (exact) mass is 252 g/mol. The molecule has 0 aliphatic carbocycles. The van der Waals surface area contributed by atoms with Gasteiger partial charge in [-0.15, -0.1) is 0 Å². The number of hydrogen-bond donors (Lipinski definition) is 0. The van der Waals surface area contributed by atoms with Gasteiger partial charge in [-0.25, -0.2) is 0 Å². The van der Waals surface area contributed by atoms with Gasteiger partial charge in [-0.1, -0.05) is 60.7 Å². The highest BCUT2D eigenvalue weighted by Crippen LogP contribution is 2.34. The summed E-state index contributed by atoms with van der Waals surface area (Å²) < 4.78 is 5.23. The van der Waals surface area contributed by atoms with Gasteiger partial charge in [0.15, 0.2) is 0 Å². The van der Waals surface area contributed by atoms with Crippen LogP contribution in [0, 0.1) is 0 Å². The van der Waals surface area contributed by atoms with E-state index in [1.165, 1.54) is 0 Å². The number of carbonyl (C=O) groups excluding carboxylic acids is 2. The van der Waals surface area contributed by atoms with Crippen LogP contribution in [-0.2, 0) is 4.74 Å². The quantitative estimate of drug-likeness (QED) is 0.477. The van der Waals surface area contributed by atoms with Crippen molar-refractivity contribution in [2.45, 2.75) is 5.60 Å². The van der Waals surface area contributed by atoms with E-state index in [-0.39, 0.29) is 18.2 Å². The van der Waals surface area contributed by atoms with Crippen molar-refractivity contribution in [2.24, 2.45) is 0 Å². The van der Waals surface area contributed by atoms with Crippen LogP contribution < -0.4 is 0 Å². The second-order valence-electron chi connectivity index (χ2n) is 4.51. The first-order valence-corrected chi connectivity index (χ1v) is 6.08. The number of rotatable bonds is 4. The lowest BCUT2D eigenvalue weighted by molar-refractivity contribution is 0.0752. The lowest BCUT2D eigenvalue weighted by Crippen LogP contribution is -2.34. The first-order valence-electron chi connectivity index (χ1n) is 6.08. The molecule has 0 radical (unpaired) electrons. The Kier molecular flexibility index (Phi) is 2.76. The van der Waals surface area contributed by atoms with Gasteiger partial charge in [0, 0.05) is 11.1 Å². The van der Waals surface area contributed by atoms with E-state index in [0.29, 0.717) is 11.1 Å². The van der Waals surface area contributed by atoms with Crippen molar-refractivity contribution in [2.75, 3.05) is 6.61 Å². The lowest BCUT2D eigenvalue weighted by atomic mass is 9.90. The number of ether oxygens (including phenoxy) is 1. The molecule has 0 unspecified atom stereocenters. The molecule has 0 amide bonds. The van der Waals surface area contributed by atoms with Crippen molar-refractivity contribution in [3.05, 3.63) is 71.8 Å². The van der Waals surface area contributed by atoms with E-state index < -0.39 is 5.60 Å². The third-order valence-electron chi connectivity index (χ3n) is 3.24. The van der Waals surface area contributed by atoms with E-state index in [1.54, 1.807) is 48.5 Å². The molecule has 2 aromatic rings. The summed E-state index contributed by atoms with van der Waals surface area (Å²) in [6.45, 7) is 0.161. The maximum atomic E-state index is 12.4. The highest BCUT2D eigenvalue weighted by molar-refractivity contribution is 6.24. The number of ketones is 2. The van der Waals surface area contributed by atoms with Gasteiger partial charge in [-0.2, -0.15) is 0 Å². The molecule has 0 spiro atoms. The molecule has 1 aliphatic heterocycles. The Bertz CT molecular complexity index is 559. The van der Waals surface area contributed by atoms with Crippen LogP contribution in [0.2, 0.25) is 0 Å². The van der Waals surface area contributed by atoms with Crippen LogP contribution in [0.5, 0.6) is 0 Å². The van der Waals surface area contributed by atoms with Crippen LogP contribution in [0.3, 0.4) is 0 Å². The van der Waals surface area contributed by atoms with Gasteiger partial charge >= 0.3 is 0 Å². The zero-order valence-electron chi connectivity index (χ0n) is 10.2. The Morgan fingerprint density at radius 1 is 0.789 bits per heavy atom. The maximum Gasteiger partial charge on any atom is 0.217 e. The zero-order chi connectivity index (χ0) is 13.3. The summed E-state index contributed by atoms with van der Waals surface area (Å²) in [5.74, 6) is -0.524. The van der Waals surface area contributed by atoms with Crippen molar-refractivity contribution >= 4 is 11.6 Å². The Labute approximate surface area is 110 Å². The van der Waals surface area contributed by atoms with E-state index in [0.717, 1.165) is 0 Å². The predicted octanol–water partition coefficient (Wildman–Crippen LogP) is 2.52. The fourth-order valence-electron chi connectivity index (χ4n) is 2.08. The molecular weight excluding hydrogens is 240 g/mol. The van der Waals surface area contributed by atoms with Crippen LogP contribution in [0.1, 0.15) is 20.7 Å². The van der Waals surface area contributed by atoms with Gasteiger partial charge in [0.1, 0.15) is 0 Å². The first-order chi connectivity index (χ1) is 9.24. The topological polar surface area (TPSA) is 46.7 Å². The van der Waals surface area contributed by atoms with Gasteiger partial charge < -0.3 is 4.74 Å². The van der Waals surface area contributed by atoms with E-state index in [4.69, 9.17) is 4.74 Å². The summed E-state index contributed by atoms with van der Waals surface area (Å²) in [5, 5.41) is 0. The fourth-order valence-corrected chi connectivity index (χ4v) is 2.08. The minimum atomic E-state index is -1.30. The van der Waals surface area contributed by atoms with Crippen molar-refractivity contribution in [3.63, 3.8) is 0 Å². The molecule has 0 N–H and O–H groups in total. The number of hydrogen-bond acceptors (Lipinski definition) is 3. The molecule has 94 valence electrons. The molecule has 0 saturated carbocycles. The molecule has 3 rings (SSSR count). The minimum Gasteiger partial charge on any atom is -0.353 e. The van der Waals surface area contributed by atoms with Gasteiger partial charge in [0.05, 0.1) is 6.61 Å². The van der Waals surface area contributed by atoms with Crippen LogP contribution >= 0.6 is 0 Å². The number of benzene rings is 2. The van der Waals surface area contributed by atoms with E-state index >= 15 is 0 Å². The Hall–Kier alpha value is -2.26. The maximum absolute atomic E-state index is 12.4. The zero-order valence-corrected chi connectivity index (χ0v) is 10.2. The molecule has 3 nitrogen and oxygen atoms in total. The summed E-state index contributed by atoms with van der Waals surface area (Å²) in [6, 6.07) is 17.5. The second-order valence-corrected chi connectivity index (χ2v) is 4.51. The minimum absolute atomic E-state index is 0.161. The summed E-state index contributed by atoms with van der Waals surface area (Å²) in [5.41, 5.74) is -0.295. The molecule has 1 aliphatic rings. The molecular formula is C16H12O3. The van der Waals surface area contributed by atoms with Crippen molar-refractivity contribution in [1.29, 1.82) is 0 Å². The Balaban J connectivity index is 1.92. The molecule has 1 saturated heterocycles. The molecule has 0 atom stereocenters. The summed E-state index contributed by atoms with van der Waals surface area (Å²) >= 11 is 0. The highest BCUT2D eigenvalue weighted by Gasteiger charge is 2.58. The molecule has 0 bridgehead atoms. The van der Waals surface area contributed by atoms with Crippen LogP contribution in [-0.4, -0.2) is 23.8 Å². The normalized spacial score (nSPS) is 15.8. The Morgan fingerprint density at radius 2 is 1.16 bits per heavy atom. The summed E-state index contributed by atoms with van der Waals surface area (Å²) in [6.07, 6.45) is 0. The molecule has 1 fully saturated rings. The first kappa shape index (κ1) is 11.8. The van der Waals surface area contributed by atoms with Crippen LogP contribution in [0.25, 0.3) is 0 Å². The number of carbonyl (C=O) groups is 2. The largest absolute Gasteiger partial charge is 0.353 e. The lowest BCUT2D eigenvalue weighted by Gasteiger charge is -2.09. The third kappa shape index (κ3) is 1.98. The average Bonchev–Trinajstić information content (AvgIpc) is 3.29. The summed E-state index contributed by atoms with van der Waals surface area (Å²) in [4.78, 5) is 24.8. The van der Waals surface area contributed by atoms with Gasteiger partial charge in [-0.3, -0.25) is 9.59 Å². The second kappa shape index (κ2) is 4.44. The average molecular weight is 252 g/mol. The van der Waals surface area contributed by atoms with Crippen LogP contribution in [0.15, 0.2) is 60.7 Å². The van der Waals surface area contributed by atoms with Gasteiger partial charge in [-0.05, 0) is 0 Å². The predicted molar refractivity (Wildman–Crippen MR) is 70.2 cm³/mol. The molecule has 3 heteroatoms. The van der Waals surface area contributed by atoms with Gasteiger partial charge in [0.2, 0.25) is 17.2 Å². The van der Waals surface area contributed by atoms with Crippen LogP contribution in [0.4, 0.5) is 0 Å². The van der Waals surface area contributed by atoms with Crippen molar-refractivity contribution in [3.8, 4) is 0 Å². The van der Waals surface area contributed by atoms with Crippen molar-refractivity contribution < 1.29 is 14.3 Å². The smallest absolute Gasteiger partial charge is 0.217 e. The highest BCUT2D eigenvalue weighted by atomic mass is 16.6. The SMILES string of the molecule is O=C(c1ccccc1)C1(C(=O)c2ccccc2)CO1. The van der Waals surface area contributed by atoms with E-state index in [1.807, 2.05) is 12.1 Å². The fraction of sp³-hybridized carbons (Fsp3) is 0.125. The van der Waals surface area contributed by atoms with E-state index in [9.17, 15) is 9.59 Å². The number of epoxide rings is 1. The molecule has 2 aromatic carbocycles. The van der Waals surface area contributed by atoms with Crippen molar-refractivity contribution in [1.82, 2.24) is 0 Å². The van der Waals surface area contributed by atoms with E-state index in [2.05, 4.69) is 0 Å². The number of Topliss-reactive ketones (excluding diaryl/α,β-unsaturated/α-hetero) is 2. The molecule has 1 heterocycles. The van der Waals surface area contributed by atoms with Gasteiger partial charge in [0.25, 0.3) is 0 Å². The Morgan fingerprint density at radius 3 is 1.47 bits per heavy atom. The standard InChI is InChI=1S/C16H12O3/c17-14(12-7-3-1-4-8-12)16(11-19-16)15(18)13-9-5-2-6-10-13/h1-10H,11H2. The summed E-state index contributed by atoms with van der Waals surface area (Å²) in [7, 11) is 0.